The minimum Gasteiger partial charge on any atom is -0.496 e. The number of hydroxylamine groups is 2. The maximum absolute atomic E-state index is 9.09. The van der Waals surface area contributed by atoms with Gasteiger partial charge >= 0.3 is 0 Å². The Morgan fingerprint density at radius 2 is 2.15 bits per heavy atom. The highest BCUT2D eigenvalue weighted by Gasteiger charge is 2.04. The van der Waals surface area contributed by atoms with Gasteiger partial charge in [-0.25, -0.2) is 0 Å². The fourth-order valence-corrected chi connectivity index (χ4v) is 1.28. The zero-order valence-electron chi connectivity index (χ0n) is 8.24. The molecule has 0 saturated carbocycles. The second-order valence-corrected chi connectivity index (χ2v) is 3.13. The van der Waals surface area contributed by atoms with Gasteiger partial charge in [0.05, 0.1) is 13.7 Å². The molecule has 3 heteroatoms. The Labute approximate surface area is 78.5 Å². The number of aryl methyl sites for hydroxylation is 1. The van der Waals surface area contributed by atoms with Crippen molar-refractivity contribution in [3.63, 3.8) is 0 Å². The summed E-state index contributed by atoms with van der Waals surface area (Å²) in [7, 11) is 3.24. The second-order valence-electron chi connectivity index (χ2n) is 3.13. The molecular weight excluding hydrogens is 166 g/mol. The summed E-state index contributed by atoms with van der Waals surface area (Å²) in [6.07, 6.45) is 0. The van der Waals surface area contributed by atoms with Crippen LogP contribution in [0.2, 0.25) is 0 Å². The monoisotopic (exact) mass is 181 g/mol. The topological polar surface area (TPSA) is 32.7 Å². The second kappa shape index (κ2) is 4.25. The van der Waals surface area contributed by atoms with Crippen LogP contribution in [0.3, 0.4) is 0 Å². The first kappa shape index (κ1) is 10.0. The van der Waals surface area contributed by atoms with Crippen molar-refractivity contribution >= 4 is 0 Å². The van der Waals surface area contributed by atoms with Crippen LogP contribution in [0, 0.1) is 6.92 Å². The first-order valence-corrected chi connectivity index (χ1v) is 4.17. The number of benzene rings is 1. The molecule has 0 saturated heterocycles. The molecule has 1 rings (SSSR count). The summed E-state index contributed by atoms with van der Waals surface area (Å²) in [4.78, 5) is 0. The van der Waals surface area contributed by atoms with E-state index in [1.54, 1.807) is 14.2 Å². The van der Waals surface area contributed by atoms with Crippen molar-refractivity contribution in [3.05, 3.63) is 29.3 Å². The number of ether oxygens (including phenoxy) is 1. The van der Waals surface area contributed by atoms with Gasteiger partial charge in [0, 0.05) is 12.6 Å². The lowest BCUT2D eigenvalue weighted by atomic mass is 10.1. The molecule has 0 amide bonds. The summed E-state index contributed by atoms with van der Waals surface area (Å²) >= 11 is 0. The number of rotatable bonds is 3. The van der Waals surface area contributed by atoms with Crippen LogP contribution in [0.4, 0.5) is 0 Å². The van der Waals surface area contributed by atoms with Crippen LogP contribution in [-0.2, 0) is 6.54 Å². The van der Waals surface area contributed by atoms with E-state index in [-0.39, 0.29) is 0 Å². The number of hydrogen-bond acceptors (Lipinski definition) is 3. The molecule has 0 radical (unpaired) electrons. The van der Waals surface area contributed by atoms with Crippen molar-refractivity contribution in [2.45, 2.75) is 13.5 Å². The molecule has 0 aromatic heterocycles. The smallest absolute Gasteiger partial charge is 0.123 e. The fraction of sp³-hybridized carbons (Fsp3) is 0.400. The van der Waals surface area contributed by atoms with Crippen molar-refractivity contribution in [1.29, 1.82) is 0 Å². The van der Waals surface area contributed by atoms with Crippen molar-refractivity contribution in [2.24, 2.45) is 0 Å². The molecule has 0 aliphatic carbocycles. The largest absolute Gasteiger partial charge is 0.496 e. The first-order valence-electron chi connectivity index (χ1n) is 4.17. The van der Waals surface area contributed by atoms with E-state index in [4.69, 9.17) is 9.94 Å². The third-order valence-corrected chi connectivity index (χ3v) is 1.84. The third-order valence-electron chi connectivity index (χ3n) is 1.84. The van der Waals surface area contributed by atoms with Gasteiger partial charge in [0.1, 0.15) is 5.75 Å². The zero-order chi connectivity index (χ0) is 9.84. The van der Waals surface area contributed by atoms with Crippen LogP contribution >= 0.6 is 0 Å². The van der Waals surface area contributed by atoms with Crippen molar-refractivity contribution < 1.29 is 9.94 Å². The normalized spacial score (nSPS) is 10.5. The zero-order valence-corrected chi connectivity index (χ0v) is 8.24. The Kier molecular flexibility index (Phi) is 3.28. The van der Waals surface area contributed by atoms with Gasteiger partial charge in [-0.2, -0.15) is 5.06 Å². The van der Waals surface area contributed by atoms with E-state index < -0.39 is 0 Å². The van der Waals surface area contributed by atoms with Gasteiger partial charge in [0.2, 0.25) is 0 Å². The van der Waals surface area contributed by atoms with Gasteiger partial charge in [0.25, 0.3) is 0 Å². The standard InChI is InChI=1S/C10H15NO2/c1-8-4-5-10(13-3)9(6-8)7-11(2)12/h4-6,12H,7H2,1-3H3. The lowest BCUT2D eigenvalue weighted by Gasteiger charge is -2.12. The average Bonchev–Trinajstić information content (AvgIpc) is 2.03. The van der Waals surface area contributed by atoms with E-state index >= 15 is 0 Å². The fourth-order valence-electron chi connectivity index (χ4n) is 1.28. The van der Waals surface area contributed by atoms with E-state index in [0.29, 0.717) is 6.54 Å². The Hall–Kier alpha value is -1.06. The van der Waals surface area contributed by atoms with Gasteiger partial charge < -0.3 is 9.94 Å². The van der Waals surface area contributed by atoms with Crippen LogP contribution in [-0.4, -0.2) is 24.4 Å². The van der Waals surface area contributed by atoms with Gasteiger partial charge in [-0.05, 0) is 13.0 Å². The van der Waals surface area contributed by atoms with Crippen molar-refractivity contribution in [1.82, 2.24) is 5.06 Å². The van der Waals surface area contributed by atoms with E-state index in [1.165, 1.54) is 0 Å². The lowest BCUT2D eigenvalue weighted by Crippen LogP contribution is -2.12. The molecule has 0 spiro atoms. The van der Waals surface area contributed by atoms with Gasteiger partial charge in [0.15, 0.2) is 0 Å². The summed E-state index contributed by atoms with van der Waals surface area (Å²) in [5, 5.41) is 10.2. The molecule has 0 bridgehead atoms. The number of nitrogens with zero attached hydrogens (tertiary/aromatic N) is 1. The van der Waals surface area contributed by atoms with E-state index in [1.807, 2.05) is 25.1 Å². The van der Waals surface area contributed by atoms with Crippen LogP contribution in [0.15, 0.2) is 18.2 Å². The molecule has 3 nitrogen and oxygen atoms in total. The van der Waals surface area contributed by atoms with Gasteiger partial charge in [-0.3, -0.25) is 0 Å². The van der Waals surface area contributed by atoms with Gasteiger partial charge in [-0.1, -0.05) is 17.7 Å². The van der Waals surface area contributed by atoms with E-state index in [2.05, 4.69) is 0 Å². The van der Waals surface area contributed by atoms with Crippen molar-refractivity contribution in [3.8, 4) is 5.75 Å². The highest BCUT2D eigenvalue weighted by atomic mass is 16.5. The molecule has 1 aromatic rings. The van der Waals surface area contributed by atoms with Crippen molar-refractivity contribution in [2.75, 3.05) is 14.2 Å². The molecule has 0 atom stereocenters. The third kappa shape index (κ3) is 2.72. The number of hydrogen-bond donors (Lipinski definition) is 1. The average molecular weight is 181 g/mol. The molecule has 13 heavy (non-hydrogen) atoms. The predicted molar refractivity (Wildman–Crippen MR) is 51.0 cm³/mol. The molecule has 0 aliphatic heterocycles. The van der Waals surface area contributed by atoms with Crippen LogP contribution in [0.1, 0.15) is 11.1 Å². The van der Waals surface area contributed by atoms with Crippen LogP contribution in [0.25, 0.3) is 0 Å². The SMILES string of the molecule is COc1ccc(C)cc1CN(C)O. The summed E-state index contributed by atoms with van der Waals surface area (Å²) in [6.45, 7) is 2.49. The van der Waals surface area contributed by atoms with Crippen LogP contribution < -0.4 is 4.74 Å². The minimum absolute atomic E-state index is 0.477. The Morgan fingerprint density at radius 1 is 1.46 bits per heavy atom. The maximum Gasteiger partial charge on any atom is 0.123 e. The molecular formula is C10H15NO2. The molecule has 1 aromatic carbocycles. The lowest BCUT2D eigenvalue weighted by molar-refractivity contribution is -0.0735. The molecule has 72 valence electrons. The van der Waals surface area contributed by atoms with E-state index in [9.17, 15) is 0 Å². The Bertz CT molecular complexity index is 284. The first-order chi connectivity index (χ1) is 6.13. The van der Waals surface area contributed by atoms with Gasteiger partial charge in [-0.15, -0.1) is 0 Å². The highest BCUT2D eigenvalue weighted by molar-refractivity contribution is 5.36. The number of methoxy groups -OCH3 is 1. The molecule has 1 N–H and O–H groups in total. The molecule has 0 fully saturated rings. The quantitative estimate of drug-likeness (QED) is 0.722. The van der Waals surface area contributed by atoms with Crippen LogP contribution in [0.5, 0.6) is 5.75 Å². The summed E-state index contributed by atoms with van der Waals surface area (Å²) in [5.41, 5.74) is 2.16. The minimum atomic E-state index is 0.477. The molecule has 0 aliphatic rings. The molecule has 0 heterocycles. The Morgan fingerprint density at radius 3 is 2.69 bits per heavy atom. The summed E-state index contributed by atoms with van der Waals surface area (Å²) in [6, 6.07) is 5.90. The predicted octanol–water partition coefficient (Wildman–Crippen LogP) is 1.82. The maximum atomic E-state index is 9.09. The molecule has 0 unspecified atom stereocenters. The summed E-state index contributed by atoms with van der Waals surface area (Å²) < 4.78 is 5.16. The Balaban J connectivity index is 2.94. The van der Waals surface area contributed by atoms with E-state index in [0.717, 1.165) is 21.9 Å². The highest BCUT2D eigenvalue weighted by Crippen LogP contribution is 2.20. The summed E-state index contributed by atoms with van der Waals surface area (Å²) in [5.74, 6) is 0.812.